The number of nitrogens with two attached hydrogens (primary N) is 1. The predicted octanol–water partition coefficient (Wildman–Crippen LogP) is 1.10. The molecule has 1 aromatic rings. The van der Waals surface area contributed by atoms with Crippen molar-refractivity contribution in [1.29, 1.82) is 0 Å². The zero-order valence-corrected chi connectivity index (χ0v) is 11.7. The van der Waals surface area contributed by atoms with E-state index < -0.39 is 10.0 Å². The van der Waals surface area contributed by atoms with E-state index in [9.17, 15) is 8.42 Å². The van der Waals surface area contributed by atoms with E-state index in [4.69, 9.17) is 10.5 Å². The standard InChI is InChI=1S/C13H20N2O3S/c14-8-9-18-12-4-6-13(7-5-12)19(16,17)15-10-11-2-1-3-11/h4-7,11,15H,1-3,8-10,14H2. The van der Waals surface area contributed by atoms with Crippen LogP contribution in [0.1, 0.15) is 19.3 Å². The summed E-state index contributed by atoms with van der Waals surface area (Å²) in [6.45, 7) is 1.39. The van der Waals surface area contributed by atoms with Crippen molar-refractivity contribution in [2.45, 2.75) is 24.2 Å². The molecule has 2 rings (SSSR count). The average molecular weight is 284 g/mol. The number of sulfonamides is 1. The van der Waals surface area contributed by atoms with Gasteiger partial charge in [-0.05, 0) is 43.0 Å². The maximum absolute atomic E-state index is 12.0. The molecule has 0 unspecified atom stereocenters. The van der Waals surface area contributed by atoms with Crippen LogP contribution in [0.3, 0.4) is 0 Å². The highest BCUT2D eigenvalue weighted by atomic mass is 32.2. The molecule has 106 valence electrons. The topological polar surface area (TPSA) is 81.4 Å². The van der Waals surface area contributed by atoms with Gasteiger partial charge in [0.05, 0.1) is 4.90 Å². The predicted molar refractivity (Wildman–Crippen MR) is 73.5 cm³/mol. The Kier molecular flexibility index (Phi) is 4.79. The van der Waals surface area contributed by atoms with Gasteiger partial charge >= 0.3 is 0 Å². The van der Waals surface area contributed by atoms with Gasteiger partial charge < -0.3 is 10.5 Å². The van der Waals surface area contributed by atoms with Crippen LogP contribution in [0.4, 0.5) is 0 Å². The highest BCUT2D eigenvalue weighted by Crippen LogP contribution is 2.25. The molecule has 0 radical (unpaired) electrons. The largest absolute Gasteiger partial charge is 0.492 e. The molecule has 0 amide bonds. The van der Waals surface area contributed by atoms with Crippen molar-refractivity contribution in [2.24, 2.45) is 11.7 Å². The molecule has 0 atom stereocenters. The van der Waals surface area contributed by atoms with Gasteiger partial charge in [0.15, 0.2) is 0 Å². The van der Waals surface area contributed by atoms with Crippen molar-refractivity contribution in [3.63, 3.8) is 0 Å². The van der Waals surface area contributed by atoms with Crippen LogP contribution >= 0.6 is 0 Å². The summed E-state index contributed by atoms with van der Waals surface area (Å²) in [7, 11) is -3.40. The van der Waals surface area contributed by atoms with Crippen LogP contribution in [0.5, 0.6) is 5.75 Å². The lowest BCUT2D eigenvalue weighted by Crippen LogP contribution is -2.32. The van der Waals surface area contributed by atoms with Crippen LogP contribution in [-0.2, 0) is 10.0 Å². The SMILES string of the molecule is NCCOc1ccc(S(=O)(=O)NCC2CCC2)cc1. The van der Waals surface area contributed by atoms with E-state index in [1.807, 2.05) is 0 Å². The monoisotopic (exact) mass is 284 g/mol. The van der Waals surface area contributed by atoms with Crippen molar-refractivity contribution in [2.75, 3.05) is 19.7 Å². The number of rotatable bonds is 7. The molecule has 19 heavy (non-hydrogen) atoms. The number of benzene rings is 1. The van der Waals surface area contributed by atoms with E-state index in [0.717, 1.165) is 12.8 Å². The van der Waals surface area contributed by atoms with Crippen LogP contribution in [0, 0.1) is 5.92 Å². The second-order valence-corrected chi connectivity index (χ2v) is 6.52. The summed E-state index contributed by atoms with van der Waals surface area (Å²) in [5, 5.41) is 0. The smallest absolute Gasteiger partial charge is 0.240 e. The Morgan fingerprint density at radius 2 is 1.95 bits per heavy atom. The van der Waals surface area contributed by atoms with E-state index in [-0.39, 0.29) is 4.90 Å². The lowest BCUT2D eigenvalue weighted by atomic mass is 9.86. The Bertz CT molecular complexity index is 495. The molecule has 1 aliphatic rings. The molecule has 0 heterocycles. The second-order valence-electron chi connectivity index (χ2n) is 4.76. The summed E-state index contributed by atoms with van der Waals surface area (Å²) in [5.41, 5.74) is 5.33. The van der Waals surface area contributed by atoms with Gasteiger partial charge in [0.25, 0.3) is 0 Å². The number of hydrogen-bond acceptors (Lipinski definition) is 4. The quantitative estimate of drug-likeness (QED) is 0.785. The van der Waals surface area contributed by atoms with Crippen LogP contribution < -0.4 is 15.2 Å². The van der Waals surface area contributed by atoms with E-state index in [1.54, 1.807) is 24.3 Å². The third-order valence-corrected chi connectivity index (χ3v) is 4.75. The first-order valence-corrected chi connectivity index (χ1v) is 8.03. The van der Waals surface area contributed by atoms with Gasteiger partial charge in [-0.3, -0.25) is 0 Å². The van der Waals surface area contributed by atoms with Crippen LogP contribution in [0.2, 0.25) is 0 Å². The molecule has 0 saturated heterocycles. The molecular weight excluding hydrogens is 264 g/mol. The second kappa shape index (κ2) is 6.36. The molecule has 0 aliphatic heterocycles. The Balaban J connectivity index is 1.94. The Morgan fingerprint density at radius 3 is 2.47 bits per heavy atom. The Hall–Kier alpha value is -1.11. The lowest BCUT2D eigenvalue weighted by molar-refractivity contribution is 0.316. The summed E-state index contributed by atoms with van der Waals surface area (Å²) in [6, 6.07) is 6.39. The minimum atomic E-state index is -3.40. The van der Waals surface area contributed by atoms with E-state index in [1.165, 1.54) is 6.42 Å². The van der Waals surface area contributed by atoms with Crippen molar-refractivity contribution < 1.29 is 13.2 Å². The van der Waals surface area contributed by atoms with Crippen molar-refractivity contribution in [3.8, 4) is 5.75 Å². The fourth-order valence-corrected chi connectivity index (χ4v) is 3.02. The first-order valence-electron chi connectivity index (χ1n) is 6.54. The summed E-state index contributed by atoms with van der Waals surface area (Å²) in [6.07, 6.45) is 3.45. The van der Waals surface area contributed by atoms with Gasteiger partial charge in [-0.2, -0.15) is 0 Å². The highest BCUT2D eigenvalue weighted by molar-refractivity contribution is 7.89. The van der Waals surface area contributed by atoms with Gasteiger partial charge in [-0.25, -0.2) is 13.1 Å². The molecule has 1 aliphatic carbocycles. The van der Waals surface area contributed by atoms with Gasteiger partial charge in [0.1, 0.15) is 12.4 Å². The number of nitrogens with one attached hydrogen (secondary N) is 1. The first-order chi connectivity index (χ1) is 9.12. The van der Waals surface area contributed by atoms with Crippen LogP contribution in [0.25, 0.3) is 0 Å². The summed E-state index contributed by atoms with van der Waals surface area (Å²) in [4.78, 5) is 0.270. The summed E-state index contributed by atoms with van der Waals surface area (Å²) in [5.74, 6) is 1.13. The molecule has 0 spiro atoms. The molecule has 1 saturated carbocycles. The van der Waals surface area contributed by atoms with Crippen molar-refractivity contribution in [3.05, 3.63) is 24.3 Å². The third kappa shape index (κ3) is 3.92. The van der Waals surface area contributed by atoms with Gasteiger partial charge in [-0.1, -0.05) is 6.42 Å². The normalized spacial score (nSPS) is 16.1. The number of ether oxygens (including phenoxy) is 1. The molecule has 0 aromatic heterocycles. The van der Waals surface area contributed by atoms with Gasteiger partial charge in [0.2, 0.25) is 10.0 Å². The van der Waals surface area contributed by atoms with E-state index in [0.29, 0.717) is 31.4 Å². The zero-order chi connectivity index (χ0) is 13.7. The van der Waals surface area contributed by atoms with Crippen LogP contribution in [-0.4, -0.2) is 28.1 Å². The van der Waals surface area contributed by atoms with Crippen molar-refractivity contribution in [1.82, 2.24) is 4.72 Å². The molecule has 3 N–H and O–H groups in total. The highest BCUT2D eigenvalue weighted by Gasteiger charge is 2.21. The van der Waals surface area contributed by atoms with Gasteiger partial charge in [-0.15, -0.1) is 0 Å². The van der Waals surface area contributed by atoms with Crippen molar-refractivity contribution >= 4 is 10.0 Å². The minimum absolute atomic E-state index is 0.270. The molecule has 6 heteroatoms. The van der Waals surface area contributed by atoms with E-state index in [2.05, 4.69) is 4.72 Å². The fourth-order valence-electron chi connectivity index (χ4n) is 1.90. The maximum Gasteiger partial charge on any atom is 0.240 e. The fraction of sp³-hybridized carbons (Fsp3) is 0.538. The molecular formula is C13H20N2O3S. The van der Waals surface area contributed by atoms with E-state index >= 15 is 0 Å². The van der Waals surface area contributed by atoms with Gasteiger partial charge in [0, 0.05) is 13.1 Å². The zero-order valence-electron chi connectivity index (χ0n) is 10.8. The average Bonchev–Trinajstić information content (AvgIpc) is 2.35. The Labute approximate surface area is 114 Å². The lowest BCUT2D eigenvalue weighted by Gasteiger charge is -2.25. The number of hydrogen-bond donors (Lipinski definition) is 2. The molecule has 1 fully saturated rings. The molecule has 1 aromatic carbocycles. The third-order valence-electron chi connectivity index (χ3n) is 3.31. The minimum Gasteiger partial charge on any atom is -0.492 e. The van der Waals surface area contributed by atoms with Crippen LogP contribution in [0.15, 0.2) is 29.2 Å². The first kappa shape index (κ1) is 14.3. The molecule has 5 nitrogen and oxygen atoms in total. The summed E-state index contributed by atoms with van der Waals surface area (Å²) < 4.78 is 32.0. The molecule has 0 bridgehead atoms. The Morgan fingerprint density at radius 1 is 1.26 bits per heavy atom. The maximum atomic E-state index is 12.0. The summed E-state index contributed by atoms with van der Waals surface area (Å²) >= 11 is 0.